The number of amides is 2. The van der Waals surface area contributed by atoms with Crippen LogP contribution in [0.2, 0.25) is 0 Å². The van der Waals surface area contributed by atoms with Crippen LogP contribution in [0, 0.1) is 5.41 Å². The number of carboxylic acid groups (broad SMARTS) is 1. The van der Waals surface area contributed by atoms with E-state index < -0.39 is 12.0 Å². The van der Waals surface area contributed by atoms with Crippen molar-refractivity contribution in [3.05, 3.63) is 0 Å². The Labute approximate surface area is 114 Å². The van der Waals surface area contributed by atoms with Crippen molar-refractivity contribution in [3.63, 3.8) is 0 Å². The van der Waals surface area contributed by atoms with Gasteiger partial charge in [0, 0.05) is 19.6 Å². The zero-order chi connectivity index (χ0) is 14.6. The maximum absolute atomic E-state index is 12.0. The summed E-state index contributed by atoms with van der Waals surface area (Å²) in [4.78, 5) is 26.6. The van der Waals surface area contributed by atoms with Gasteiger partial charge in [-0.05, 0) is 32.4 Å². The standard InChI is InChI=1S/C13H25N3O3/c1-13(2,9-15(3)4)8-14-12(19)16-7-5-6-10(16)11(17)18/h10H,5-9H2,1-4H3,(H,14,19)(H,17,18)/t10-/m0/s1. The van der Waals surface area contributed by atoms with Crippen LogP contribution in [0.15, 0.2) is 0 Å². The van der Waals surface area contributed by atoms with Gasteiger partial charge in [-0.2, -0.15) is 0 Å². The van der Waals surface area contributed by atoms with Crippen molar-refractivity contribution >= 4 is 12.0 Å². The van der Waals surface area contributed by atoms with Crippen LogP contribution in [0.3, 0.4) is 0 Å². The Morgan fingerprint density at radius 1 is 1.42 bits per heavy atom. The van der Waals surface area contributed by atoms with E-state index in [1.165, 1.54) is 4.90 Å². The van der Waals surface area contributed by atoms with Crippen molar-refractivity contribution < 1.29 is 14.7 Å². The van der Waals surface area contributed by atoms with Crippen LogP contribution < -0.4 is 5.32 Å². The van der Waals surface area contributed by atoms with Crippen LogP contribution in [-0.2, 0) is 4.79 Å². The van der Waals surface area contributed by atoms with Crippen molar-refractivity contribution in [2.24, 2.45) is 5.41 Å². The topological polar surface area (TPSA) is 72.9 Å². The largest absolute Gasteiger partial charge is 0.480 e. The monoisotopic (exact) mass is 271 g/mol. The Balaban J connectivity index is 2.49. The second-order valence-electron chi connectivity index (χ2n) is 6.25. The molecule has 0 aliphatic carbocycles. The molecular weight excluding hydrogens is 246 g/mol. The summed E-state index contributed by atoms with van der Waals surface area (Å²) >= 11 is 0. The summed E-state index contributed by atoms with van der Waals surface area (Å²) in [6.07, 6.45) is 1.30. The summed E-state index contributed by atoms with van der Waals surface area (Å²) < 4.78 is 0. The highest BCUT2D eigenvalue weighted by Crippen LogP contribution is 2.18. The molecule has 0 unspecified atom stereocenters. The minimum atomic E-state index is -0.916. The smallest absolute Gasteiger partial charge is 0.326 e. The molecular formula is C13H25N3O3. The molecule has 6 nitrogen and oxygen atoms in total. The molecule has 0 aromatic rings. The molecule has 0 aromatic carbocycles. The second kappa shape index (κ2) is 6.23. The number of hydrogen-bond acceptors (Lipinski definition) is 3. The quantitative estimate of drug-likeness (QED) is 0.777. The summed E-state index contributed by atoms with van der Waals surface area (Å²) in [7, 11) is 3.98. The Bertz CT molecular complexity index is 342. The van der Waals surface area contributed by atoms with E-state index in [9.17, 15) is 9.59 Å². The first-order valence-corrected chi connectivity index (χ1v) is 6.65. The van der Waals surface area contributed by atoms with Gasteiger partial charge in [0.2, 0.25) is 0 Å². The van der Waals surface area contributed by atoms with Gasteiger partial charge in [-0.25, -0.2) is 9.59 Å². The van der Waals surface area contributed by atoms with Crippen molar-refractivity contribution in [3.8, 4) is 0 Å². The number of likely N-dealkylation sites (tertiary alicyclic amines) is 1. The Morgan fingerprint density at radius 3 is 2.58 bits per heavy atom. The van der Waals surface area contributed by atoms with Gasteiger partial charge in [-0.3, -0.25) is 0 Å². The maximum Gasteiger partial charge on any atom is 0.326 e. The first-order valence-electron chi connectivity index (χ1n) is 6.65. The number of hydrogen-bond donors (Lipinski definition) is 2. The fourth-order valence-corrected chi connectivity index (χ4v) is 2.59. The van der Waals surface area contributed by atoms with Crippen LogP contribution in [0.25, 0.3) is 0 Å². The lowest BCUT2D eigenvalue weighted by molar-refractivity contribution is -0.141. The number of nitrogens with one attached hydrogen (secondary N) is 1. The molecule has 0 saturated carbocycles. The van der Waals surface area contributed by atoms with Crippen LogP contribution in [0.1, 0.15) is 26.7 Å². The molecule has 0 radical (unpaired) electrons. The predicted octanol–water partition coefficient (Wildman–Crippen LogP) is 0.833. The van der Waals surface area contributed by atoms with E-state index in [0.29, 0.717) is 19.5 Å². The lowest BCUT2D eigenvalue weighted by Crippen LogP contribution is -2.49. The van der Waals surface area contributed by atoms with E-state index in [4.69, 9.17) is 5.11 Å². The first-order chi connectivity index (χ1) is 8.73. The molecule has 1 atom stereocenters. The van der Waals surface area contributed by atoms with E-state index in [0.717, 1.165) is 13.0 Å². The molecule has 19 heavy (non-hydrogen) atoms. The van der Waals surface area contributed by atoms with Crippen LogP contribution >= 0.6 is 0 Å². The minimum Gasteiger partial charge on any atom is -0.480 e. The zero-order valence-electron chi connectivity index (χ0n) is 12.3. The average molecular weight is 271 g/mol. The van der Waals surface area contributed by atoms with Crippen molar-refractivity contribution in [2.75, 3.05) is 33.7 Å². The summed E-state index contributed by atoms with van der Waals surface area (Å²) in [5.74, 6) is -0.916. The highest BCUT2D eigenvalue weighted by Gasteiger charge is 2.34. The Kier molecular flexibility index (Phi) is 5.17. The molecule has 2 N–H and O–H groups in total. The summed E-state index contributed by atoms with van der Waals surface area (Å²) in [5.41, 5.74) is -0.0440. The number of urea groups is 1. The molecule has 1 fully saturated rings. The fourth-order valence-electron chi connectivity index (χ4n) is 2.59. The molecule has 2 amide bonds. The third-order valence-corrected chi connectivity index (χ3v) is 3.26. The van der Waals surface area contributed by atoms with Gasteiger partial charge in [0.05, 0.1) is 0 Å². The van der Waals surface area contributed by atoms with E-state index in [1.54, 1.807) is 0 Å². The molecule has 110 valence electrons. The molecule has 0 bridgehead atoms. The average Bonchev–Trinajstić information content (AvgIpc) is 2.73. The van der Waals surface area contributed by atoms with E-state index >= 15 is 0 Å². The molecule has 6 heteroatoms. The summed E-state index contributed by atoms with van der Waals surface area (Å²) in [6.45, 7) is 6.07. The van der Waals surface area contributed by atoms with Gasteiger partial charge < -0.3 is 20.2 Å². The van der Waals surface area contributed by atoms with Crippen molar-refractivity contribution in [1.29, 1.82) is 0 Å². The van der Waals surface area contributed by atoms with Crippen LogP contribution in [0.4, 0.5) is 4.79 Å². The minimum absolute atomic E-state index is 0.0440. The molecule has 0 spiro atoms. The normalized spacial score (nSPS) is 19.8. The number of carboxylic acids is 1. The van der Waals surface area contributed by atoms with Gasteiger partial charge in [0.1, 0.15) is 6.04 Å². The Morgan fingerprint density at radius 2 is 2.05 bits per heavy atom. The summed E-state index contributed by atoms with van der Waals surface area (Å²) in [6, 6.07) is -0.936. The lowest BCUT2D eigenvalue weighted by Gasteiger charge is -2.30. The molecule has 1 aliphatic heterocycles. The SMILES string of the molecule is CN(C)CC(C)(C)CNC(=O)N1CCC[C@H]1C(=O)O. The van der Waals surface area contributed by atoms with Crippen LogP contribution in [-0.4, -0.2) is 66.7 Å². The number of aliphatic carboxylic acids is 1. The fraction of sp³-hybridized carbons (Fsp3) is 0.846. The first kappa shape index (κ1) is 15.8. The van der Waals surface area contributed by atoms with Gasteiger partial charge in [-0.15, -0.1) is 0 Å². The highest BCUT2D eigenvalue weighted by molar-refractivity contribution is 5.83. The molecule has 1 heterocycles. The zero-order valence-corrected chi connectivity index (χ0v) is 12.3. The van der Waals surface area contributed by atoms with E-state index in [2.05, 4.69) is 24.1 Å². The van der Waals surface area contributed by atoms with E-state index in [-0.39, 0.29) is 11.4 Å². The number of rotatable bonds is 5. The molecule has 1 saturated heterocycles. The van der Waals surface area contributed by atoms with Gasteiger partial charge in [-0.1, -0.05) is 13.8 Å². The molecule has 0 aromatic heterocycles. The predicted molar refractivity (Wildman–Crippen MR) is 73.1 cm³/mol. The number of carbonyl (C=O) groups excluding carboxylic acids is 1. The second-order valence-corrected chi connectivity index (χ2v) is 6.25. The number of nitrogens with zero attached hydrogens (tertiary/aromatic N) is 2. The third kappa shape index (κ3) is 4.70. The van der Waals surface area contributed by atoms with Gasteiger partial charge in [0.15, 0.2) is 0 Å². The van der Waals surface area contributed by atoms with Crippen LogP contribution in [0.5, 0.6) is 0 Å². The van der Waals surface area contributed by atoms with Crippen molar-refractivity contribution in [2.45, 2.75) is 32.7 Å². The summed E-state index contributed by atoms with van der Waals surface area (Å²) in [5, 5.41) is 11.9. The van der Waals surface area contributed by atoms with Gasteiger partial charge in [0.25, 0.3) is 0 Å². The van der Waals surface area contributed by atoms with E-state index in [1.807, 2.05) is 14.1 Å². The third-order valence-electron chi connectivity index (χ3n) is 3.26. The highest BCUT2D eigenvalue weighted by atomic mass is 16.4. The molecule has 1 aliphatic rings. The van der Waals surface area contributed by atoms with Crippen molar-refractivity contribution in [1.82, 2.24) is 15.1 Å². The number of carbonyl (C=O) groups is 2. The lowest BCUT2D eigenvalue weighted by atomic mass is 9.93. The Hall–Kier alpha value is -1.30. The maximum atomic E-state index is 12.0. The van der Waals surface area contributed by atoms with Gasteiger partial charge >= 0.3 is 12.0 Å². The molecule has 1 rings (SSSR count).